The van der Waals surface area contributed by atoms with Crippen LogP contribution < -0.4 is 10.6 Å². The molecule has 0 saturated carbocycles. The maximum Gasteiger partial charge on any atom is 0.407 e. The molecule has 1 aliphatic heterocycles. The van der Waals surface area contributed by atoms with Crippen LogP contribution in [0.15, 0.2) is 85.1 Å². The van der Waals surface area contributed by atoms with Crippen LogP contribution in [0.1, 0.15) is 94.8 Å². The quantitative estimate of drug-likeness (QED) is 0.0836. The van der Waals surface area contributed by atoms with Crippen molar-refractivity contribution in [2.24, 2.45) is 5.92 Å². The normalized spacial score (nSPS) is 15.0. The smallest absolute Gasteiger partial charge is 0.407 e. The molecule has 6 aromatic rings. The number of likely N-dealkylation sites (tertiary alicyclic amines) is 1. The summed E-state index contributed by atoms with van der Waals surface area (Å²) in [6.45, 7) is 10.6. The predicted molar refractivity (Wildman–Crippen MR) is 242 cm³/mol. The molecule has 63 heavy (non-hydrogen) atoms. The van der Waals surface area contributed by atoms with Crippen LogP contribution in [-0.4, -0.2) is 87.1 Å². The highest BCUT2D eigenvalue weighted by Gasteiger charge is 2.38. The first-order valence-corrected chi connectivity index (χ1v) is 21.4. The number of amides is 4. The Hall–Kier alpha value is -7.14. The van der Waals surface area contributed by atoms with E-state index in [4.69, 9.17) is 19.4 Å². The SMILES string of the molecule is CC#Cc1cc(-c2cnc([C@H](C)N(CCC)C(=O)[C@H](NC(=O)OC)c3ccccc3)[nH]2)ccc1-c1ccc2c(ccc3[nH]c([C@@H]4CCCN4C(=O)[C@@H](NC(=O)OC)C(C)C)nc32)c1. The Morgan fingerprint density at radius 3 is 2.38 bits per heavy atom. The van der Waals surface area contributed by atoms with Crippen LogP contribution >= 0.6 is 0 Å². The Kier molecular flexibility index (Phi) is 13.4. The van der Waals surface area contributed by atoms with Crippen LogP contribution in [0.4, 0.5) is 9.59 Å². The van der Waals surface area contributed by atoms with Crippen molar-refractivity contribution >= 4 is 45.8 Å². The van der Waals surface area contributed by atoms with Crippen molar-refractivity contribution in [3.63, 3.8) is 0 Å². The number of carbonyl (C=O) groups excluding carboxylic acids is 4. The molecule has 0 spiro atoms. The number of ether oxygens (including phenoxy) is 2. The molecule has 0 radical (unpaired) electrons. The molecule has 4 amide bonds. The summed E-state index contributed by atoms with van der Waals surface area (Å²) in [5.74, 6) is 7.16. The Bertz CT molecular complexity index is 2700. The first-order chi connectivity index (χ1) is 30.5. The van der Waals surface area contributed by atoms with Gasteiger partial charge in [-0.15, -0.1) is 5.92 Å². The van der Waals surface area contributed by atoms with Crippen molar-refractivity contribution in [3.05, 3.63) is 108 Å². The van der Waals surface area contributed by atoms with E-state index in [1.54, 1.807) is 23.2 Å². The topological polar surface area (TPSA) is 175 Å². The molecule has 14 nitrogen and oxygen atoms in total. The molecular weight excluding hydrogens is 797 g/mol. The monoisotopic (exact) mass is 850 g/mol. The maximum absolute atomic E-state index is 14.1. The number of fused-ring (bicyclic) bond motifs is 3. The Morgan fingerprint density at radius 1 is 0.921 bits per heavy atom. The highest BCUT2D eigenvalue weighted by atomic mass is 16.5. The summed E-state index contributed by atoms with van der Waals surface area (Å²) in [7, 11) is 2.56. The van der Waals surface area contributed by atoms with Crippen LogP contribution in [-0.2, 0) is 19.1 Å². The lowest BCUT2D eigenvalue weighted by Crippen LogP contribution is -2.51. The van der Waals surface area contributed by atoms with Gasteiger partial charge in [-0.1, -0.05) is 87.4 Å². The Balaban J connectivity index is 1.14. The summed E-state index contributed by atoms with van der Waals surface area (Å²) in [5.41, 5.74) is 6.82. The minimum absolute atomic E-state index is 0.127. The molecule has 4 N–H and O–H groups in total. The van der Waals surface area contributed by atoms with Crippen molar-refractivity contribution in [1.82, 2.24) is 40.4 Å². The van der Waals surface area contributed by atoms with E-state index in [1.807, 2.05) is 75.9 Å². The standard InChI is InChI=1S/C49H54N8O6/c1-8-14-32-27-35(39-28-50-44(52-39)30(5)56(24-9-2)47(59)42(55-49(61)63-7)31-15-11-10-12-16-31)19-21-36(32)33-18-22-37-34(26-33)20-23-38-43(37)53-45(51-38)40-17-13-25-57(40)46(58)41(29(3)4)54-48(60)62-6/h10-12,15-16,18-23,26-30,40-42H,9,13,17,24-25H2,1-7H3,(H,50,52)(H,51,53)(H,54,60)(H,55,61)/t30-,40-,41-,42+/m0/s1. The van der Waals surface area contributed by atoms with Gasteiger partial charge in [0.25, 0.3) is 5.91 Å². The number of aromatic amines is 2. The van der Waals surface area contributed by atoms with Crippen molar-refractivity contribution in [2.45, 2.75) is 78.0 Å². The highest BCUT2D eigenvalue weighted by molar-refractivity contribution is 6.05. The summed E-state index contributed by atoms with van der Waals surface area (Å²) in [5, 5.41) is 7.42. The molecular formula is C49H54N8O6. The van der Waals surface area contributed by atoms with Gasteiger partial charge in [-0.3, -0.25) is 9.59 Å². The van der Waals surface area contributed by atoms with Crippen LogP contribution in [0.3, 0.4) is 0 Å². The summed E-state index contributed by atoms with van der Waals surface area (Å²) < 4.78 is 9.66. The Morgan fingerprint density at radius 2 is 1.67 bits per heavy atom. The molecule has 0 aliphatic carbocycles. The zero-order valence-electron chi connectivity index (χ0n) is 36.7. The molecule has 0 unspecified atom stereocenters. The van der Waals surface area contributed by atoms with E-state index in [-0.39, 0.29) is 23.8 Å². The molecule has 0 bridgehead atoms. The number of nitrogens with zero attached hydrogens (tertiary/aromatic N) is 4. The van der Waals surface area contributed by atoms with E-state index in [1.165, 1.54) is 14.2 Å². The van der Waals surface area contributed by atoms with E-state index in [2.05, 4.69) is 62.8 Å². The lowest BCUT2D eigenvalue weighted by molar-refractivity contribution is -0.136. The fourth-order valence-electron chi connectivity index (χ4n) is 8.40. The minimum atomic E-state index is -0.940. The molecule has 2 aromatic heterocycles. The molecule has 326 valence electrons. The fourth-order valence-corrected chi connectivity index (χ4v) is 8.40. The molecule has 3 heterocycles. The molecule has 4 atom stereocenters. The van der Waals surface area contributed by atoms with Crippen LogP contribution in [0.25, 0.3) is 44.2 Å². The van der Waals surface area contributed by atoms with E-state index in [9.17, 15) is 19.2 Å². The zero-order chi connectivity index (χ0) is 44.8. The summed E-state index contributed by atoms with van der Waals surface area (Å²) in [6.07, 6.45) is 2.72. The number of carbonyl (C=O) groups is 4. The van der Waals surface area contributed by atoms with E-state index < -0.39 is 30.3 Å². The van der Waals surface area contributed by atoms with Crippen molar-refractivity contribution in [3.8, 4) is 34.2 Å². The summed E-state index contributed by atoms with van der Waals surface area (Å²) in [6, 6.07) is 23.3. The zero-order valence-corrected chi connectivity index (χ0v) is 36.7. The second-order valence-electron chi connectivity index (χ2n) is 16.1. The number of aromatic nitrogens is 4. The molecule has 14 heteroatoms. The Labute approximate surface area is 367 Å². The number of imidazole rings is 2. The molecule has 1 saturated heterocycles. The number of hydrogen-bond acceptors (Lipinski definition) is 8. The van der Waals surface area contributed by atoms with Crippen molar-refractivity contribution in [1.29, 1.82) is 0 Å². The minimum Gasteiger partial charge on any atom is -0.453 e. The second-order valence-corrected chi connectivity index (χ2v) is 16.1. The van der Waals surface area contributed by atoms with Crippen molar-refractivity contribution in [2.75, 3.05) is 27.3 Å². The third-order valence-corrected chi connectivity index (χ3v) is 11.7. The first-order valence-electron chi connectivity index (χ1n) is 21.4. The van der Waals surface area contributed by atoms with Gasteiger partial charge in [-0.2, -0.15) is 0 Å². The number of methoxy groups -OCH3 is 2. The third kappa shape index (κ3) is 9.23. The highest BCUT2D eigenvalue weighted by Crippen LogP contribution is 2.36. The van der Waals surface area contributed by atoms with Gasteiger partial charge in [0.1, 0.15) is 23.7 Å². The van der Waals surface area contributed by atoms with Gasteiger partial charge in [0.2, 0.25) is 5.91 Å². The fraction of sp³-hybridized carbons (Fsp3) is 0.347. The van der Waals surface area contributed by atoms with Gasteiger partial charge in [0.15, 0.2) is 0 Å². The maximum atomic E-state index is 14.1. The third-order valence-electron chi connectivity index (χ3n) is 11.7. The number of nitrogens with one attached hydrogen (secondary N) is 4. The predicted octanol–water partition coefficient (Wildman–Crippen LogP) is 8.59. The first kappa shape index (κ1) is 43.9. The lowest BCUT2D eigenvalue weighted by atomic mass is 9.95. The van der Waals surface area contributed by atoms with Gasteiger partial charge < -0.3 is 39.9 Å². The molecule has 4 aromatic carbocycles. The van der Waals surface area contributed by atoms with E-state index in [0.29, 0.717) is 30.9 Å². The van der Waals surface area contributed by atoms with Gasteiger partial charge in [-0.25, -0.2) is 19.6 Å². The number of H-pyrrole nitrogens is 2. The van der Waals surface area contributed by atoms with Crippen LogP contribution in [0.5, 0.6) is 0 Å². The molecule has 1 aliphatic rings. The van der Waals surface area contributed by atoms with Gasteiger partial charge in [-0.05, 0) is 79.3 Å². The van der Waals surface area contributed by atoms with Crippen LogP contribution in [0.2, 0.25) is 0 Å². The van der Waals surface area contributed by atoms with Gasteiger partial charge >= 0.3 is 12.2 Å². The average Bonchev–Trinajstić information content (AvgIpc) is 4.09. The number of benzene rings is 4. The second kappa shape index (κ2) is 19.3. The number of rotatable bonds is 13. The van der Waals surface area contributed by atoms with E-state index >= 15 is 0 Å². The average molecular weight is 851 g/mol. The van der Waals surface area contributed by atoms with Gasteiger partial charge in [0, 0.05) is 29.6 Å². The molecule has 7 rings (SSSR count). The summed E-state index contributed by atoms with van der Waals surface area (Å²) in [4.78, 5) is 72.6. The van der Waals surface area contributed by atoms with Gasteiger partial charge in [0.05, 0.1) is 49.2 Å². The molecule has 1 fully saturated rings. The largest absolute Gasteiger partial charge is 0.453 e. The number of alkyl carbamates (subject to hydrolysis) is 2. The summed E-state index contributed by atoms with van der Waals surface area (Å²) >= 11 is 0. The number of hydrogen-bond donors (Lipinski definition) is 4. The van der Waals surface area contributed by atoms with E-state index in [0.717, 1.165) is 68.4 Å². The van der Waals surface area contributed by atoms with Crippen molar-refractivity contribution < 1.29 is 28.7 Å². The van der Waals surface area contributed by atoms with Crippen LogP contribution in [0, 0.1) is 17.8 Å². The lowest BCUT2D eigenvalue weighted by Gasteiger charge is -2.31.